The zero-order valence-corrected chi connectivity index (χ0v) is 13.1. The molecule has 6 heteroatoms. The third-order valence-corrected chi connectivity index (χ3v) is 4.00. The van der Waals surface area contributed by atoms with Gasteiger partial charge in [-0.05, 0) is 42.7 Å². The summed E-state index contributed by atoms with van der Waals surface area (Å²) < 4.78 is 3.09. The van der Waals surface area contributed by atoms with E-state index < -0.39 is 0 Å². The maximum Gasteiger partial charge on any atom is 0.195 e. The van der Waals surface area contributed by atoms with E-state index in [0.717, 1.165) is 26.7 Å². The molecule has 0 spiro atoms. The van der Waals surface area contributed by atoms with Crippen molar-refractivity contribution in [2.75, 3.05) is 6.26 Å². The van der Waals surface area contributed by atoms with Crippen molar-refractivity contribution in [1.29, 1.82) is 0 Å². The van der Waals surface area contributed by atoms with Crippen LogP contribution in [0.2, 0.25) is 0 Å². The Hall–Kier alpha value is -1.66. The lowest BCUT2D eigenvalue weighted by atomic mass is 10.2. The molecular weight excluding hydrogens is 336 g/mol. The van der Waals surface area contributed by atoms with Crippen LogP contribution in [0.25, 0.3) is 17.1 Å². The zero-order valence-electron chi connectivity index (χ0n) is 10.7. The topological polar surface area (TPSA) is 43.6 Å². The van der Waals surface area contributed by atoms with E-state index >= 15 is 0 Å². The second kappa shape index (κ2) is 5.76. The summed E-state index contributed by atoms with van der Waals surface area (Å²) >= 11 is 5.03. The van der Waals surface area contributed by atoms with Crippen LogP contribution in [0.5, 0.6) is 0 Å². The van der Waals surface area contributed by atoms with E-state index in [-0.39, 0.29) is 0 Å². The first-order valence-corrected chi connectivity index (χ1v) is 7.97. The Labute approximate surface area is 129 Å². The van der Waals surface area contributed by atoms with Gasteiger partial charge in [0.15, 0.2) is 11.0 Å². The van der Waals surface area contributed by atoms with Crippen LogP contribution in [-0.2, 0) is 0 Å². The molecule has 100 valence electrons. The van der Waals surface area contributed by atoms with Gasteiger partial charge in [-0.1, -0.05) is 27.7 Å². The van der Waals surface area contributed by atoms with E-state index in [9.17, 15) is 0 Å². The zero-order chi connectivity index (χ0) is 13.9. The van der Waals surface area contributed by atoms with Crippen molar-refractivity contribution < 1.29 is 0 Å². The van der Waals surface area contributed by atoms with Crippen LogP contribution in [0, 0.1) is 0 Å². The van der Waals surface area contributed by atoms with Crippen molar-refractivity contribution in [3.05, 3.63) is 53.3 Å². The Balaban J connectivity index is 2.18. The molecule has 0 bridgehead atoms. The van der Waals surface area contributed by atoms with Gasteiger partial charge < -0.3 is 0 Å². The van der Waals surface area contributed by atoms with E-state index in [2.05, 4.69) is 31.1 Å². The normalized spacial score (nSPS) is 10.7. The Bertz CT molecular complexity index is 710. The largest absolute Gasteiger partial charge is 0.270 e. The third kappa shape index (κ3) is 2.48. The summed E-state index contributed by atoms with van der Waals surface area (Å²) in [5.41, 5.74) is 2.03. The fourth-order valence-corrected chi connectivity index (χ4v) is 2.67. The molecule has 0 radical (unpaired) electrons. The molecule has 3 rings (SSSR count). The Kier molecular flexibility index (Phi) is 3.84. The molecule has 0 aliphatic carbocycles. The average molecular weight is 347 g/mol. The Morgan fingerprint density at radius 3 is 2.35 bits per heavy atom. The van der Waals surface area contributed by atoms with Crippen molar-refractivity contribution in [3.8, 4) is 17.1 Å². The lowest BCUT2D eigenvalue weighted by molar-refractivity contribution is 0.888. The molecule has 0 unspecified atom stereocenters. The van der Waals surface area contributed by atoms with Crippen LogP contribution >= 0.6 is 27.7 Å². The van der Waals surface area contributed by atoms with Gasteiger partial charge in [0.05, 0.1) is 0 Å². The van der Waals surface area contributed by atoms with E-state index in [4.69, 9.17) is 0 Å². The van der Waals surface area contributed by atoms with Gasteiger partial charge in [0, 0.05) is 28.1 Å². The average Bonchev–Trinajstić information content (AvgIpc) is 2.93. The number of rotatable bonds is 3. The minimum atomic E-state index is 0.819. The van der Waals surface area contributed by atoms with Crippen LogP contribution in [0.1, 0.15) is 0 Å². The first kappa shape index (κ1) is 13.3. The summed E-state index contributed by atoms with van der Waals surface area (Å²) in [6.45, 7) is 0. The summed E-state index contributed by atoms with van der Waals surface area (Å²) in [4.78, 5) is 4.04. The van der Waals surface area contributed by atoms with Gasteiger partial charge in [-0.3, -0.25) is 9.55 Å². The number of halogens is 1. The molecule has 3 aromatic rings. The van der Waals surface area contributed by atoms with Gasteiger partial charge in [0.25, 0.3) is 0 Å². The highest BCUT2D eigenvalue weighted by Crippen LogP contribution is 2.27. The molecule has 0 saturated carbocycles. The number of aromatic nitrogens is 4. The highest BCUT2D eigenvalue weighted by Gasteiger charge is 2.14. The second-order valence-corrected chi connectivity index (χ2v) is 5.75. The highest BCUT2D eigenvalue weighted by atomic mass is 79.9. The molecule has 0 aliphatic rings. The predicted molar refractivity (Wildman–Crippen MR) is 84.1 cm³/mol. The number of benzene rings is 1. The maximum atomic E-state index is 4.31. The number of hydrogen-bond acceptors (Lipinski definition) is 4. The molecule has 0 amide bonds. The summed E-state index contributed by atoms with van der Waals surface area (Å²) in [6, 6.07) is 12.0. The van der Waals surface area contributed by atoms with Gasteiger partial charge in [-0.25, -0.2) is 0 Å². The minimum absolute atomic E-state index is 0.819. The molecule has 1 aromatic carbocycles. The van der Waals surface area contributed by atoms with Gasteiger partial charge in [-0.2, -0.15) is 0 Å². The SMILES string of the molecule is CSc1nnc(-c2ccncc2)n1-c1ccc(Br)cc1. The molecule has 20 heavy (non-hydrogen) atoms. The van der Waals surface area contributed by atoms with Crippen molar-refractivity contribution in [2.45, 2.75) is 5.16 Å². The Morgan fingerprint density at radius 1 is 1.00 bits per heavy atom. The van der Waals surface area contributed by atoms with E-state index in [1.807, 2.05) is 47.2 Å². The summed E-state index contributed by atoms with van der Waals surface area (Å²) in [7, 11) is 0. The smallest absolute Gasteiger partial charge is 0.195 e. The minimum Gasteiger partial charge on any atom is -0.270 e. The third-order valence-electron chi connectivity index (χ3n) is 2.84. The van der Waals surface area contributed by atoms with E-state index in [1.165, 1.54) is 0 Å². The van der Waals surface area contributed by atoms with Gasteiger partial charge >= 0.3 is 0 Å². The van der Waals surface area contributed by atoms with Crippen molar-refractivity contribution in [1.82, 2.24) is 19.7 Å². The summed E-state index contributed by atoms with van der Waals surface area (Å²) in [5.74, 6) is 0.819. The molecule has 2 heterocycles. The number of pyridine rings is 1. The first-order valence-electron chi connectivity index (χ1n) is 5.95. The van der Waals surface area contributed by atoms with E-state index in [0.29, 0.717) is 0 Å². The monoisotopic (exact) mass is 346 g/mol. The molecule has 4 nitrogen and oxygen atoms in total. The number of thioether (sulfide) groups is 1. The first-order chi connectivity index (χ1) is 9.79. The summed E-state index contributed by atoms with van der Waals surface area (Å²) in [6.07, 6.45) is 5.51. The molecule has 0 fully saturated rings. The lowest BCUT2D eigenvalue weighted by Gasteiger charge is -2.09. The molecule has 0 atom stereocenters. The quantitative estimate of drug-likeness (QED) is 0.676. The van der Waals surface area contributed by atoms with Gasteiger partial charge in [0.1, 0.15) is 0 Å². The molecule has 0 aliphatic heterocycles. The van der Waals surface area contributed by atoms with E-state index in [1.54, 1.807) is 24.2 Å². The lowest BCUT2D eigenvalue weighted by Crippen LogP contribution is -1.99. The summed E-state index contributed by atoms with van der Waals surface area (Å²) in [5, 5.41) is 9.42. The highest BCUT2D eigenvalue weighted by molar-refractivity contribution is 9.10. The van der Waals surface area contributed by atoms with Crippen LogP contribution in [0.15, 0.2) is 58.4 Å². The van der Waals surface area contributed by atoms with Gasteiger partial charge in [0.2, 0.25) is 0 Å². The predicted octanol–water partition coefficient (Wildman–Crippen LogP) is 3.81. The fourth-order valence-electron chi connectivity index (χ4n) is 1.91. The Morgan fingerprint density at radius 2 is 1.70 bits per heavy atom. The van der Waals surface area contributed by atoms with Crippen molar-refractivity contribution >= 4 is 27.7 Å². The van der Waals surface area contributed by atoms with Crippen molar-refractivity contribution in [3.63, 3.8) is 0 Å². The number of nitrogens with zero attached hydrogens (tertiary/aromatic N) is 4. The maximum absolute atomic E-state index is 4.31. The molecule has 2 aromatic heterocycles. The second-order valence-electron chi connectivity index (χ2n) is 4.06. The van der Waals surface area contributed by atoms with Crippen molar-refractivity contribution in [2.24, 2.45) is 0 Å². The standard InChI is InChI=1S/C14H11BrN4S/c1-20-14-18-17-13(10-6-8-16-9-7-10)19(14)12-4-2-11(15)3-5-12/h2-9H,1H3. The van der Waals surface area contributed by atoms with Crippen LogP contribution in [0.4, 0.5) is 0 Å². The number of hydrogen-bond donors (Lipinski definition) is 0. The van der Waals surface area contributed by atoms with Crippen LogP contribution in [0.3, 0.4) is 0 Å². The molecule has 0 N–H and O–H groups in total. The van der Waals surface area contributed by atoms with Crippen LogP contribution in [-0.4, -0.2) is 26.0 Å². The molecule has 0 saturated heterocycles. The fraction of sp³-hybridized carbons (Fsp3) is 0.0714. The van der Waals surface area contributed by atoms with Gasteiger partial charge in [-0.15, -0.1) is 10.2 Å². The van der Waals surface area contributed by atoms with Crippen LogP contribution < -0.4 is 0 Å². The molecular formula is C14H11BrN4S.